The van der Waals surface area contributed by atoms with Gasteiger partial charge in [-0.1, -0.05) is 18.2 Å². The molecule has 0 saturated carbocycles. The van der Waals surface area contributed by atoms with Gasteiger partial charge in [-0.3, -0.25) is 4.79 Å². The van der Waals surface area contributed by atoms with Crippen molar-refractivity contribution in [1.82, 2.24) is 5.32 Å². The minimum absolute atomic E-state index is 0.214. The van der Waals surface area contributed by atoms with E-state index in [9.17, 15) is 10.1 Å². The summed E-state index contributed by atoms with van der Waals surface area (Å²) in [6, 6.07) is 20.6. The number of carbonyl (C=O) groups excluding carboxylic acids is 1. The summed E-state index contributed by atoms with van der Waals surface area (Å²) in [5, 5.41) is 12.7. The van der Waals surface area contributed by atoms with Gasteiger partial charge in [0.05, 0.1) is 39.5 Å². The number of nitrogens with zero attached hydrogens (tertiary/aromatic N) is 2. The number of amides is 1. The largest absolute Gasteiger partial charge is 0.497 e. The molecule has 3 aromatic carbocycles. The van der Waals surface area contributed by atoms with Crippen molar-refractivity contribution in [1.29, 1.82) is 5.26 Å². The topological polar surface area (TPSA) is 92.9 Å². The van der Waals surface area contributed by atoms with Crippen LogP contribution in [0.3, 0.4) is 0 Å². The van der Waals surface area contributed by atoms with E-state index in [1.807, 2.05) is 61.5 Å². The molecule has 1 heterocycles. The minimum Gasteiger partial charge on any atom is -0.497 e. The number of nitrogens with one attached hydrogen (secondary N) is 1. The molecule has 4 rings (SSSR count). The van der Waals surface area contributed by atoms with Gasteiger partial charge in [-0.05, 0) is 95.4 Å². The minimum atomic E-state index is -0.214. The number of carbonyl (C=O) groups is 1. The van der Waals surface area contributed by atoms with Gasteiger partial charge in [0.2, 0.25) is 0 Å². The van der Waals surface area contributed by atoms with Crippen LogP contribution in [0.1, 0.15) is 23.6 Å². The lowest BCUT2D eigenvalue weighted by molar-refractivity contribution is -0.115. The highest BCUT2D eigenvalue weighted by molar-refractivity contribution is 14.1. The first-order chi connectivity index (χ1) is 17.5. The van der Waals surface area contributed by atoms with Crippen LogP contribution in [0.2, 0.25) is 0 Å². The predicted molar refractivity (Wildman–Crippen MR) is 150 cm³/mol. The summed E-state index contributed by atoms with van der Waals surface area (Å²) in [7, 11) is 1.61. The maximum absolute atomic E-state index is 12.6. The Hall–Kier alpha value is -3.49. The summed E-state index contributed by atoms with van der Waals surface area (Å²) in [4.78, 5) is 17.6. The normalized spacial score (nSPS) is 15.0. The molecule has 1 fully saturated rings. The van der Waals surface area contributed by atoms with Crippen LogP contribution in [0.4, 0.5) is 5.69 Å². The van der Waals surface area contributed by atoms with E-state index in [1.165, 1.54) is 11.8 Å². The van der Waals surface area contributed by atoms with Crippen molar-refractivity contribution >= 4 is 57.2 Å². The van der Waals surface area contributed by atoms with Gasteiger partial charge in [-0.2, -0.15) is 5.26 Å². The Labute approximate surface area is 227 Å². The van der Waals surface area contributed by atoms with Gasteiger partial charge in [0.25, 0.3) is 5.91 Å². The first kappa shape index (κ1) is 25.6. The number of hydrogen-bond donors (Lipinski definition) is 1. The van der Waals surface area contributed by atoms with Crippen molar-refractivity contribution in [3.63, 3.8) is 0 Å². The van der Waals surface area contributed by atoms with Crippen molar-refractivity contribution < 1.29 is 19.0 Å². The summed E-state index contributed by atoms with van der Waals surface area (Å²) < 4.78 is 17.9. The Morgan fingerprint density at radius 2 is 1.92 bits per heavy atom. The number of methoxy groups -OCH3 is 1. The van der Waals surface area contributed by atoms with Crippen molar-refractivity contribution in [2.75, 3.05) is 13.7 Å². The van der Waals surface area contributed by atoms with E-state index in [-0.39, 0.29) is 12.5 Å². The second-order valence-corrected chi connectivity index (χ2v) is 9.69. The van der Waals surface area contributed by atoms with E-state index >= 15 is 0 Å². The zero-order valence-electron chi connectivity index (χ0n) is 19.6. The Morgan fingerprint density at radius 1 is 1.14 bits per heavy atom. The molecule has 0 unspecified atom stereocenters. The number of halogens is 1. The lowest BCUT2D eigenvalue weighted by atomic mass is 10.1. The fourth-order valence-electron chi connectivity index (χ4n) is 3.39. The maximum atomic E-state index is 12.6. The fourth-order valence-corrected chi connectivity index (χ4v) is 5.01. The third kappa shape index (κ3) is 6.19. The van der Waals surface area contributed by atoms with Gasteiger partial charge in [0, 0.05) is 5.56 Å². The summed E-state index contributed by atoms with van der Waals surface area (Å²) in [5.41, 5.74) is 2.89. The highest BCUT2D eigenvalue weighted by Gasteiger charge is 2.24. The van der Waals surface area contributed by atoms with Crippen molar-refractivity contribution in [3.8, 4) is 23.3 Å². The smallest absolute Gasteiger partial charge is 0.264 e. The van der Waals surface area contributed by atoms with E-state index < -0.39 is 0 Å². The zero-order chi connectivity index (χ0) is 25.5. The molecule has 0 bridgehead atoms. The van der Waals surface area contributed by atoms with Crippen molar-refractivity contribution in [3.05, 3.63) is 85.8 Å². The molecule has 1 amide bonds. The number of nitriles is 1. The third-order valence-electron chi connectivity index (χ3n) is 5.09. The number of amidine groups is 1. The Kier molecular flexibility index (Phi) is 8.51. The third-order valence-corrected chi connectivity index (χ3v) is 6.80. The first-order valence-corrected chi connectivity index (χ1v) is 12.9. The maximum Gasteiger partial charge on any atom is 0.264 e. The van der Waals surface area contributed by atoms with Gasteiger partial charge < -0.3 is 19.5 Å². The molecule has 9 heteroatoms. The van der Waals surface area contributed by atoms with Crippen molar-refractivity contribution in [2.45, 2.75) is 13.5 Å². The van der Waals surface area contributed by atoms with Crippen LogP contribution >= 0.6 is 34.4 Å². The molecule has 7 nitrogen and oxygen atoms in total. The summed E-state index contributed by atoms with van der Waals surface area (Å²) in [6.45, 7) is 2.59. The quantitative estimate of drug-likeness (QED) is 0.247. The molecule has 36 heavy (non-hydrogen) atoms. The fraction of sp³-hybridized carbons (Fsp3) is 0.148. The highest BCUT2D eigenvalue weighted by Crippen LogP contribution is 2.37. The van der Waals surface area contributed by atoms with Gasteiger partial charge in [0.15, 0.2) is 16.7 Å². The Bertz CT molecular complexity index is 1380. The van der Waals surface area contributed by atoms with Crippen LogP contribution < -0.4 is 19.5 Å². The van der Waals surface area contributed by atoms with Gasteiger partial charge in [-0.25, -0.2) is 4.99 Å². The molecule has 0 aliphatic carbocycles. The summed E-state index contributed by atoms with van der Waals surface area (Å²) >= 11 is 3.46. The molecule has 0 radical (unpaired) electrons. The number of hydrogen-bond acceptors (Lipinski definition) is 7. The van der Waals surface area contributed by atoms with E-state index in [0.29, 0.717) is 39.4 Å². The van der Waals surface area contributed by atoms with Crippen molar-refractivity contribution in [2.24, 2.45) is 4.99 Å². The molecular formula is C27H22IN3O4S. The molecule has 1 aliphatic heterocycles. The molecule has 182 valence electrons. The second-order valence-electron chi connectivity index (χ2n) is 7.50. The molecular weight excluding hydrogens is 589 g/mol. The highest BCUT2D eigenvalue weighted by atomic mass is 127. The van der Waals surface area contributed by atoms with E-state index in [0.717, 1.165) is 20.4 Å². The molecule has 0 spiro atoms. The molecule has 0 atom stereocenters. The van der Waals surface area contributed by atoms with Gasteiger partial charge in [0.1, 0.15) is 12.4 Å². The van der Waals surface area contributed by atoms with Crippen LogP contribution in [-0.4, -0.2) is 24.8 Å². The Balaban J connectivity index is 1.55. The number of rotatable bonds is 8. The Morgan fingerprint density at radius 3 is 2.64 bits per heavy atom. The average molecular weight is 611 g/mol. The molecule has 1 aliphatic rings. The summed E-state index contributed by atoms with van der Waals surface area (Å²) in [6.07, 6.45) is 1.80. The van der Waals surface area contributed by atoms with Crippen LogP contribution in [0.25, 0.3) is 6.08 Å². The predicted octanol–water partition coefficient (Wildman–Crippen LogP) is 6.04. The number of thioether (sulfide) groups is 1. The lowest BCUT2D eigenvalue weighted by Gasteiger charge is -2.15. The van der Waals surface area contributed by atoms with Crippen LogP contribution in [0, 0.1) is 14.9 Å². The number of ether oxygens (including phenoxy) is 3. The zero-order valence-corrected chi connectivity index (χ0v) is 22.6. The first-order valence-electron chi connectivity index (χ1n) is 11.0. The second kappa shape index (κ2) is 12.0. The molecule has 1 N–H and O–H groups in total. The molecule has 0 aromatic heterocycles. The van der Waals surface area contributed by atoms with E-state index in [2.05, 4.69) is 39.0 Å². The molecule has 1 saturated heterocycles. The monoisotopic (exact) mass is 611 g/mol. The van der Waals surface area contributed by atoms with Gasteiger partial charge >= 0.3 is 0 Å². The van der Waals surface area contributed by atoms with Crippen LogP contribution in [0.15, 0.2) is 70.6 Å². The lowest BCUT2D eigenvalue weighted by Crippen LogP contribution is -2.19. The number of benzene rings is 3. The van der Waals surface area contributed by atoms with Gasteiger partial charge in [-0.15, -0.1) is 0 Å². The molecule has 3 aromatic rings. The van der Waals surface area contributed by atoms with E-state index in [1.54, 1.807) is 19.3 Å². The number of aliphatic imine (C=N–C) groups is 1. The van der Waals surface area contributed by atoms with E-state index in [4.69, 9.17) is 14.2 Å². The SMILES string of the molecule is CCOc1cc(/C=C2/SC(=Nc3ccc(OC)cc3)NC2=O)cc(I)c1OCc1ccccc1C#N. The standard InChI is InChI=1S/C27H22IN3O4S/c1-3-34-23-13-17(12-22(28)25(23)35-16-19-7-5-4-6-18(19)15-29)14-24-26(32)31-27(36-24)30-20-8-10-21(33-2)11-9-20/h4-14H,3,16H2,1-2H3,(H,30,31,32)/b24-14+. The average Bonchev–Trinajstić information content (AvgIpc) is 3.22. The van der Waals surface area contributed by atoms with Crippen LogP contribution in [0.5, 0.6) is 17.2 Å². The van der Waals surface area contributed by atoms with Crippen LogP contribution in [-0.2, 0) is 11.4 Å². The summed E-state index contributed by atoms with van der Waals surface area (Å²) in [5.74, 6) is 1.69.